The highest BCUT2D eigenvalue weighted by Gasteiger charge is 2.37. The number of likely N-dealkylation sites (N-methyl/N-ethyl adjacent to an activating group) is 1. The van der Waals surface area contributed by atoms with Crippen LogP contribution in [0.1, 0.15) is 17.2 Å². The molecule has 0 aliphatic carbocycles. The molecule has 3 N–H and O–H groups in total. The molecule has 102 valence electrons. The lowest BCUT2D eigenvalue weighted by atomic mass is 10.00. The van der Waals surface area contributed by atoms with Crippen LogP contribution in [0.25, 0.3) is 0 Å². The van der Waals surface area contributed by atoms with Crippen molar-refractivity contribution < 1.29 is 23.4 Å². The van der Waals surface area contributed by atoms with E-state index in [1.165, 1.54) is 7.05 Å². The quantitative estimate of drug-likeness (QED) is 0.731. The molecule has 0 aromatic carbocycles. The van der Waals surface area contributed by atoms with Gasteiger partial charge in [0.1, 0.15) is 11.3 Å². The lowest BCUT2D eigenvalue weighted by molar-refractivity contribution is -0.140. The molecule has 2 unspecified atom stereocenters. The van der Waals surface area contributed by atoms with Crippen molar-refractivity contribution in [3.8, 4) is 0 Å². The third-order valence-corrected chi connectivity index (χ3v) is 2.51. The van der Waals surface area contributed by atoms with Crippen molar-refractivity contribution in [3.05, 3.63) is 28.5 Å². The third-order valence-electron chi connectivity index (χ3n) is 2.30. The number of nitrogens with zero attached hydrogens (tertiary/aromatic N) is 1. The summed E-state index contributed by atoms with van der Waals surface area (Å²) in [5, 5.41) is 21.6. The summed E-state index contributed by atoms with van der Waals surface area (Å²) in [5.41, 5.74) is -1.61. The molecule has 0 saturated heterocycles. The van der Waals surface area contributed by atoms with Gasteiger partial charge in [-0.05, 0) is 18.7 Å². The van der Waals surface area contributed by atoms with Crippen LogP contribution in [0.2, 0.25) is 5.15 Å². The van der Waals surface area contributed by atoms with E-state index in [2.05, 4.69) is 10.3 Å². The largest absolute Gasteiger partial charge is 0.418 e. The van der Waals surface area contributed by atoms with Gasteiger partial charge in [-0.15, -0.1) is 0 Å². The molecule has 1 rings (SSSR count). The van der Waals surface area contributed by atoms with Gasteiger partial charge >= 0.3 is 6.18 Å². The first-order valence-electron chi connectivity index (χ1n) is 5.00. The molecule has 1 aromatic rings. The molecular formula is C10H12ClF3N2O2. The number of nitrogens with one attached hydrogen (secondary N) is 1. The Balaban J connectivity index is 3.17. The molecular weight excluding hydrogens is 273 g/mol. The topological polar surface area (TPSA) is 65.4 Å². The number of alkyl halides is 3. The summed E-state index contributed by atoms with van der Waals surface area (Å²) in [6.45, 7) is -0.0571. The molecule has 0 aliphatic heterocycles. The summed E-state index contributed by atoms with van der Waals surface area (Å²) in [6, 6.07) is 0.897. The minimum Gasteiger partial charge on any atom is -0.389 e. The van der Waals surface area contributed by atoms with E-state index in [4.69, 9.17) is 11.6 Å². The van der Waals surface area contributed by atoms with E-state index in [0.29, 0.717) is 6.20 Å². The Morgan fingerprint density at radius 2 is 2.06 bits per heavy atom. The summed E-state index contributed by atoms with van der Waals surface area (Å²) in [5.74, 6) is 0. The van der Waals surface area contributed by atoms with E-state index in [1.807, 2.05) is 0 Å². The molecule has 0 aliphatic rings. The number of rotatable bonds is 4. The summed E-state index contributed by atoms with van der Waals surface area (Å²) < 4.78 is 38.1. The van der Waals surface area contributed by atoms with Crippen molar-refractivity contribution in [1.82, 2.24) is 10.3 Å². The highest BCUT2D eigenvalue weighted by atomic mass is 35.5. The van der Waals surface area contributed by atoms with Crippen LogP contribution in [0.5, 0.6) is 0 Å². The summed E-state index contributed by atoms with van der Waals surface area (Å²) in [6.07, 6.45) is -7.22. The summed E-state index contributed by atoms with van der Waals surface area (Å²) in [4.78, 5) is 3.33. The standard InChI is InChI=1S/C10H12ClF3N2O2/c1-15-4-7(17)9(18)5-2-8(11)16-3-6(5)10(12,13)14/h2-3,7,9,15,17-18H,4H2,1H3. The lowest BCUT2D eigenvalue weighted by Gasteiger charge is -2.21. The van der Waals surface area contributed by atoms with Gasteiger partial charge in [0, 0.05) is 12.7 Å². The lowest BCUT2D eigenvalue weighted by Crippen LogP contribution is -2.31. The average Bonchev–Trinajstić information content (AvgIpc) is 2.26. The normalized spacial score (nSPS) is 15.5. The first-order chi connectivity index (χ1) is 8.27. The Hall–Kier alpha value is -0.890. The molecule has 0 amide bonds. The fourth-order valence-corrected chi connectivity index (χ4v) is 1.62. The number of aliphatic hydroxyl groups is 2. The molecule has 0 bridgehead atoms. The van der Waals surface area contributed by atoms with Crippen LogP contribution < -0.4 is 5.32 Å². The van der Waals surface area contributed by atoms with Gasteiger partial charge in [0.25, 0.3) is 0 Å². The number of hydrogen-bond donors (Lipinski definition) is 3. The molecule has 0 radical (unpaired) electrons. The Kier molecular flexibility index (Phi) is 4.92. The highest BCUT2D eigenvalue weighted by molar-refractivity contribution is 6.29. The van der Waals surface area contributed by atoms with Crippen LogP contribution in [0.15, 0.2) is 12.3 Å². The second kappa shape index (κ2) is 5.83. The molecule has 0 spiro atoms. The minimum absolute atomic E-state index is 0.0571. The van der Waals surface area contributed by atoms with Crippen LogP contribution in [0, 0.1) is 0 Å². The maximum atomic E-state index is 12.7. The van der Waals surface area contributed by atoms with Gasteiger partial charge in [0.2, 0.25) is 0 Å². The predicted molar refractivity (Wildman–Crippen MR) is 59.1 cm³/mol. The molecule has 18 heavy (non-hydrogen) atoms. The molecule has 1 heterocycles. The first kappa shape index (κ1) is 15.2. The smallest absolute Gasteiger partial charge is 0.389 e. The third kappa shape index (κ3) is 3.55. The average molecular weight is 285 g/mol. The maximum Gasteiger partial charge on any atom is 0.418 e. The van der Waals surface area contributed by atoms with E-state index in [1.54, 1.807) is 0 Å². The Bertz CT molecular complexity index is 415. The Morgan fingerprint density at radius 1 is 1.44 bits per heavy atom. The van der Waals surface area contributed by atoms with E-state index >= 15 is 0 Å². The van der Waals surface area contributed by atoms with Gasteiger partial charge in [-0.25, -0.2) is 4.98 Å². The second-order valence-corrected chi connectivity index (χ2v) is 4.05. The SMILES string of the molecule is CNCC(O)C(O)c1cc(Cl)ncc1C(F)(F)F. The molecule has 0 fully saturated rings. The number of halogens is 4. The van der Waals surface area contributed by atoms with Gasteiger partial charge < -0.3 is 15.5 Å². The van der Waals surface area contributed by atoms with E-state index in [9.17, 15) is 23.4 Å². The molecule has 1 aromatic heterocycles. The zero-order valence-corrected chi connectivity index (χ0v) is 10.1. The Morgan fingerprint density at radius 3 is 2.56 bits per heavy atom. The number of pyridine rings is 1. The van der Waals surface area contributed by atoms with Gasteiger partial charge in [-0.1, -0.05) is 11.6 Å². The van der Waals surface area contributed by atoms with Crippen LogP contribution in [0.4, 0.5) is 13.2 Å². The minimum atomic E-state index is -4.67. The maximum absolute atomic E-state index is 12.7. The van der Waals surface area contributed by atoms with Gasteiger partial charge in [0.15, 0.2) is 0 Å². The van der Waals surface area contributed by atoms with E-state index < -0.39 is 29.5 Å². The van der Waals surface area contributed by atoms with Crippen LogP contribution in [-0.2, 0) is 6.18 Å². The van der Waals surface area contributed by atoms with Crippen molar-refractivity contribution in [2.24, 2.45) is 0 Å². The summed E-state index contributed by atoms with van der Waals surface area (Å²) >= 11 is 5.51. The number of aliphatic hydroxyl groups excluding tert-OH is 2. The summed E-state index contributed by atoms with van der Waals surface area (Å²) in [7, 11) is 1.50. The fraction of sp³-hybridized carbons (Fsp3) is 0.500. The van der Waals surface area contributed by atoms with Gasteiger partial charge in [-0.3, -0.25) is 0 Å². The molecule has 0 saturated carbocycles. The molecule has 4 nitrogen and oxygen atoms in total. The monoisotopic (exact) mass is 284 g/mol. The first-order valence-corrected chi connectivity index (χ1v) is 5.38. The zero-order valence-electron chi connectivity index (χ0n) is 9.37. The van der Waals surface area contributed by atoms with Crippen LogP contribution >= 0.6 is 11.6 Å². The zero-order chi connectivity index (χ0) is 13.9. The van der Waals surface area contributed by atoms with E-state index in [0.717, 1.165) is 6.07 Å². The second-order valence-electron chi connectivity index (χ2n) is 3.66. The Labute approximate surface area is 106 Å². The van der Waals surface area contributed by atoms with Gasteiger partial charge in [-0.2, -0.15) is 13.2 Å². The number of hydrogen-bond acceptors (Lipinski definition) is 4. The van der Waals surface area contributed by atoms with Crippen molar-refractivity contribution in [1.29, 1.82) is 0 Å². The van der Waals surface area contributed by atoms with Crippen molar-refractivity contribution in [2.45, 2.75) is 18.4 Å². The fourth-order valence-electron chi connectivity index (χ4n) is 1.45. The predicted octanol–water partition coefficient (Wildman–Crippen LogP) is 1.37. The van der Waals surface area contributed by atoms with Crippen LogP contribution in [-0.4, -0.2) is 34.9 Å². The van der Waals surface area contributed by atoms with E-state index in [-0.39, 0.29) is 11.7 Å². The van der Waals surface area contributed by atoms with Crippen molar-refractivity contribution >= 4 is 11.6 Å². The number of aromatic nitrogens is 1. The van der Waals surface area contributed by atoms with Crippen LogP contribution in [0.3, 0.4) is 0 Å². The molecule has 8 heteroatoms. The van der Waals surface area contributed by atoms with Crippen molar-refractivity contribution in [2.75, 3.05) is 13.6 Å². The van der Waals surface area contributed by atoms with Crippen molar-refractivity contribution in [3.63, 3.8) is 0 Å². The molecule has 2 atom stereocenters. The van der Waals surface area contributed by atoms with Gasteiger partial charge in [0.05, 0.1) is 11.7 Å². The highest BCUT2D eigenvalue weighted by Crippen LogP contribution is 2.35.